The van der Waals surface area contributed by atoms with E-state index in [4.69, 9.17) is 4.98 Å². The van der Waals surface area contributed by atoms with Crippen molar-refractivity contribution >= 4 is 21.7 Å². The van der Waals surface area contributed by atoms with Crippen molar-refractivity contribution < 1.29 is 0 Å². The van der Waals surface area contributed by atoms with Gasteiger partial charge in [-0.25, -0.2) is 4.98 Å². The topological polar surface area (TPSA) is 16.1 Å². The number of rotatable bonds is 1. The van der Waals surface area contributed by atoms with E-state index in [9.17, 15) is 0 Å². The summed E-state index contributed by atoms with van der Waals surface area (Å²) in [5, 5.41) is 3.97. The molecule has 1 aliphatic heterocycles. The number of aryl methyl sites for hydroxylation is 1. The van der Waals surface area contributed by atoms with Gasteiger partial charge in [-0.15, -0.1) is 0 Å². The Kier molecular flexibility index (Phi) is 3.54. The lowest BCUT2D eigenvalue weighted by Crippen LogP contribution is -2.27. The van der Waals surface area contributed by atoms with Crippen molar-refractivity contribution in [3.63, 3.8) is 0 Å². The van der Waals surface area contributed by atoms with Crippen LogP contribution in [-0.2, 0) is 13.0 Å². The summed E-state index contributed by atoms with van der Waals surface area (Å²) in [4.78, 5) is 7.55. The molecule has 2 heterocycles. The molecule has 0 atom stereocenters. The highest BCUT2D eigenvalue weighted by Crippen LogP contribution is 2.37. The van der Waals surface area contributed by atoms with Crippen LogP contribution in [0.5, 0.6) is 0 Å². The maximum absolute atomic E-state index is 5.15. The molecule has 4 aromatic rings. The van der Waals surface area contributed by atoms with Gasteiger partial charge in [-0.3, -0.25) is 0 Å². The molecule has 0 spiro atoms. The van der Waals surface area contributed by atoms with Crippen molar-refractivity contribution in [2.45, 2.75) is 19.9 Å². The number of likely N-dealkylation sites (N-methyl/N-ethyl adjacent to an activating group) is 1. The van der Waals surface area contributed by atoms with E-state index in [0.717, 1.165) is 30.7 Å². The minimum atomic E-state index is 0.963. The van der Waals surface area contributed by atoms with E-state index >= 15 is 0 Å². The molecule has 5 rings (SSSR count). The maximum Gasteiger partial charge on any atom is 0.0757 e. The Labute approximate surface area is 154 Å². The second kappa shape index (κ2) is 5.93. The molecular formula is C24H22N2. The van der Waals surface area contributed by atoms with Gasteiger partial charge in [-0.2, -0.15) is 0 Å². The summed E-state index contributed by atoms with van der Waals surface area (Å²) in [7, 11) is 2.20. The lowest BCUT2D eigenvalue weighted by atomic mass is 9.89. The fourth-order valence-electron chi connectivity index (χ4n) is 4.20. The zero-order valence-electron chi connectivity index (χ0n) is 15.3. The van der Waals surface area contributed by atoms with Gasteiger partial charge < -0.3 is 4.90 Å². The second-order valence-electron chi connectivity index (χ2n) is 7.45. The van der Waals surface area contributed by atoms with Crippen LogP contribution >= 0.6 is 0 Å². The third-order valence-corrected chi connectivity index (χ3v) is 5.59. The molecule has 0 aliphatic carbocycles. The zero-order chi connectivity index (χ0) is 17.7. The lowest BCUT2D eigenvalue weighted by Gasteiger charge is -2.28. The number of nitrogens with zero attached hydrogens (tertiary/aromatic N) is 2. The first-order valence-electron chi connectivity index (χ1n) is 9.29. The minimum Gasteiger partial charge on any atom is -0.302 e. The molecular weight excluding hydrogens is 316 g/mol. The molecule has 0 radical (unpaired) electrons. The number of benzene rings is 3. The van der Waals surface area contributed by atoms with Crippen molar-refractivity contribution in [3.8, 4) is 11.3 Å². The summed E-state index contributed by atoms with van der Waals surface area (Å²) in [5.74, 6) is 0. The Bertz CT molecular complexity index is 1130. The predicted octanol–water partition coefficient (Wildman–Crippen LogP) is 5.35. The Morgan fingerprint density at radius 1 is 0.885 bits per heavy atom. The van der Waals surface area contributed by atoms with Crippen LogP contribution < -0.4 is 0 Å². The van der Waals surface area contributed by atoms with Gasteiger partial charge in [-0.1, -0.05) is 60.2 Å². The molecule has 128 valence electrons. The van der Waals surface area contributed by atoms with Crippen LogP contribution in [0.3, 0.4) is 0 Å². The molecule has 2 heteroatoms. The number of hydrogen-bond donors (Lipinski definition) is 0. The van der Waals surface area contributed by atoms with Gasteiger partial charge in [0.1, 0.15) is 0 Å². The molecule has 1 aromatic heterocycles. The minimum absolute atomic E-state index is 0.963. The lowest BCUT2D eigenvalue weighted by molar-refractivity contribution is 0.314. The third-order valence-electron chi connectivity index (χ3n) is 5.59. The largest absolute Gasteiger partial charge is 0.302 e. The molecule has 0 saturated heterocycles. The highest BCUT2D eigenvalue weighted by molar-refractivity contribution is 6.09. The smallest absolute Gasteiger partial charge is 0.0757 e. The van der Waals surface area contributed by atoms with E-state index in [2.05, 4.69) is 79.5 Å². The molecule has 26 heavy (non-hydrogen) atoms. The van der Waals surface area contributed by atoms with Crippen molar-refractivity contribution in [2.75, 3.05) is 13.6 Å². The van der Waals surface area contributed by atoms with E-state index < -0.39 is 0 Å². The van der Waals surface area contributed by atoms with Crippen molar-refractivity contribution in [1.29, 1.82) is 0 Å². The van der Waals surface area contributed by atoms with Gasteiger partial charge >= 0.3 is 0 Å². The summed E-state index contributed by atoms with van der Waals surface area (Å²) in [5.41, 5.74) is 7.65. The molecule has 0 saturated carbocycles. The van der Waals surface area contributed by atoms with Crippen molar-refractivity contribution in [1.82, 2.24) is 9.88 Å². The van der Waals surface area contributed by atoms with Crippen LogP contribution in [-0.4, -0.2) is 23.5 Å². The van der Waals surface area contributed by atoms with Crippen LogP contribution in [0.2, 0.25) is 0 Å². The SMILES string of the molecule is Cc1ccc(-c2nc3ccc4ccccc4c3c3c2CN(C)CC3)cc1. The molecule has 2 nitrogen and oxygen atoms in total. The highest BCUT2D eigenvalue weighted by atomic mass is 15.1. The number of hydrogen-bond acceptors (Lipinski definition) is 2. The summed E-state index contributed by atoms with van der Waals surface area (Å²) in [6.07, 6.45) is 1.08. The van der Waals surface area contributed by atoms with Crippen LogP contribution in [0, 0.1) is 6.92 Å². The average molecular weight is 338 g/mol. The molecule has 0 fully saturated rings. The Morgan fingerprint density at radius 3 is 2.54 bits per heavy atom. The average Bonchev–Trinajstić information content (AvgIpc) is 2.67. The zero-order valence-corrected chi connectivity index (χ0v) is 15.3. The summed E-state index contributed by atoms with van der Waals surface area (Å²) < 4.78 is 0. The Hall–Kier alpha value is -2.71. The molecule has 3 aromatic carbocycles. The van der Waals surface area contributed by atoms with Gasteiger partial charge in [0.2, 0.25) is 0 Å². The Balaban J connectivity index is 1.88. The van der Waals surface area contributed by atoms with Crippen molar-refractivity contribution in [2.24, 2.45) is 0 Å². The van der Waals surface area contributed by atoms with E-state index in [0.29, 0.717) is 0 Å². The molecule has 0 bridgehead atoms. The summed E-state index contributed by atoms with van der Waals surface area (Å²) in [6, 6.07) is 21.9. The highest BCUT2D eigenvalue weighted by Gasteiger charge is 2.22. The number of pyridine rings is 1. The van der Waals surface area contributed by atoms with Gasteiger partial charge in [0.15, 0.2) is 0 Å². The van der Waals surface area contributed by atoms with E-state index in [1.807, 2.05) is 0 Å². The van der Waals surface area contributed by atoms with Crippen LogP contribution in [0.1, 0.15) is 16.7 Å². The summed E-state index contributed by atoms with van der Waals surface area (Å²) in [6.45, 7) is 4.19. The standard InChI is InChI=1S/C24H22N2/c1-16-7-9-18(10-8-16)24-21-15-26(2)14-13-20(21)23-19-6-4-3-5-17(19)11-12-22(23)25-24/h3-12H,13-15H2,1-2H3. The second-order valence-corrected chi connectivity index (χ2v) is 7.45. The normalized spacial score (nSPS) is 14.7. The first-order valence-corrected chi connectivity index (χ1v) is 9.29. The Morgan fingerprint density at radius 2 is 1.69 bits per heavy atom. The van der Waals surface area contributed by atoms with Gasteiger partial charge in [0.05, 0.1) is 11.2 Å². The fourth-order valence-corrected chi connectivity index (χ4v) is 4.20. The quantitative estimate of drug-likeness (QED) is 0.435. The number of fused-ring (bicyclic) bond motifs is 5. The monoisotopic (exact) mass is 338 g/mol. The van der Waals surface area contributed by atoms with E-state index in [1.54, 1.807) is 0 Å². The molecule has 1 aliphatic rings. The van der Waals surface area contributed by atoms with Crippen LogP contribution in [0.25, 0.3) is 32.9 Å². The summed E-state index contributed by atoms with van der Waals surface area (Å²) >= 11 is 0. The fraction of sp³-hybridized carbons (Fsp3) is 0.208. The molecule has 0 amide bonds. The first kappa shape index (κ1) is 15.5. The van der Waals surface area contributed by atoms with Gasteiger partial charge in [0, 0.05) is 24.0 Å². The third kappa shape index (κ3) is 2.41. The van der Waals surface area contributed by atoms with E-state index in [-0.39, 0.29) is 0 Å². The predicted molar refractivity (Wildman–Crippen MR) is 109 cm³/mol. The van der Waals surface area contributed by atoms with Crippen LogP contribution in [0.4, 0.5) is 0 Å². The first-order chi connectivity index (χ1) is 12.7. The van der Waals surface area contributed by atoms with Gasteiger partial charge in [0.25, 0.3) is 0 Å². The molecule has 0 unspecified atom stereocenters. The molecule has 0 N–H and O–H groups in total. The maximum atomic E-state index is 5.15. The van der Waals surface area contributed by atoms with Crippen LogP contribution in [0.15, 0.2) is 60.7 Å². The van der Waals surface area contributed by atoms with Crippen molar-refractivity contribution in [3.05, 3.63) is 77.4 Å². The van der Waals surface area contributed by atoms with E-state index in [1.165, 1.54) is 38.4 Å². The number of aromatic nitrogens is 1. The van der Waals surface area contributed by atoms with Gasteiger partial charge in [-0.05, 0) is 48.4 Å².